The van der Waals surface area contributed by atoms with Gasteiger partial charge in [0.1, 0.15) is 23.6 Å². The van der Waals surface area contributed by atoms with E-state index in [1.54, 1.807) is 17.0 Å². The summed E-state index contributed by atoms with van der Waals surface area (Å²) in [4.78, 5) is 22.7. The Hall–Kier alpha value is -3.21. The van der Waals surface area contributed by atoms with E-state index in [-0.39, 0.29) is 11.0 Å². The Labute approximate surface area is 200 Å². The molecular formula is C23H32N6O4S. The zero-order valence-corrected chi connectivity index (χ0v) is 20.8. The van der Waals surface area contributed by atoms with Crippen LogP contribution in [0, 0.1) is 11.3 Å². The lowest BCUT2D eigenvalue weighted by atomic mass is 9.97. The summed E-state index contributed by atoms with van der Waals surface area (Å²) in [5.41, 5.74) is 0.642. The molecule has 1 aliphatic rings. The number of sulfone groups is 1. The van der Waals surface area contributed by atoms with Crippen LogP contribution in [0.1, 0.15) is 39.2 Å². The molecule has 1 aromatic heterocycles. The van der Waals surface area contributed by atoms with Gasteiger partial charge >= 0.3 is 6.09 Å². The van der Waals surface area contributed by atoms with E-state index < -0.39 is 15.4 Å². The van der Waals surface area contributed by atoms with E-state index in [1.165, 1.54) is 24.7 Å². The first-order valence-electron chi connectivity index (χ1n) is 11.1. The number of hydrogen-bond donors (Lipinski definition) is 3. The highest BCUT2D eigenvalue weighted by molar-refractivity contribution is 7.90. The predicted molar refractivity (Wildman–Crippen MR) is 132 cm³/mol. The van der Waals surface area contributed by atoms with E-state index in [0.29, 0.717) is 48.4 Å². The number of carbonyl (C=O) groups excluding carboxylic acids is 1. The lowest BCUT2D eigenvalue weighted by Crippen LogP contribution is -2.42. The fourth-order valence-corrected chi connectivity index (χ4v) is 4.21. The second-order valence-corrected chi connectivity index (χ2v) is 11.4. The van der Waals surface area contributed by atoms with E-state index in [4.69, 9.17) is 10.1 Å². The zero-order chi connectivity index (χ0) is 24.9. The Bertz CT molecular complexity index is 1120. The Morgan fingerprint density at radius 1 is 1.18 bits per heavy atom. The number of carbonyl (C=O) groups is 1. The maximum atomic E-state index is 12.2. The van der Waals surface area contributed by atoms with Crippen molar-refractivity contribution in [2.24, 2.45) is 5.92 Å². The van der Waals surface area contributed by atoms with Crippen LogP contribution in [0.25, 0.3) is 0 Å². The van der Waals surface area contributed by atoms with Crippen molar-refractivity contribution >= 4 is 39.5 Å². The fourth-order valence-electron chi connectivity index (χ4n) is 3.58. The second kappa shape index (κ2) is 10.4. The largest absolute Gasteiger partial charge is 0.444 e. The predicted octanol–water partition coefficient (Wildman–Crippen LogP) is 3.68. The van der Waals surface area contributed by atoms with Crippen LogP contribution >= 0.6 is 0 Å². The average Bonchev–Trinajstić information content (AvgIpc) is 2.76. The quantitative estimate of drug-likeness (QED) is 0.502. The minimum absolute atomic E-state index is 0.230. The normalized spacial score (nSPS) is 15.0. The molecule has 11 heteroatoms. The third-order valence-corrected chi connectivity index (χ3v) is 6.53. The number of aromatic nitrogens is 2. The number of rotatable bonds is 7. The van der Waals surface area contributed by atoms with Gasteiger partial charge in [0.05, 0.1) is 10.5 Å². The maximum absolute atomic E-state index is 12.2. The van der Waals surface area contributed by atoms with Gasteiger partial charge in [-0.1, -0.05) is 0 Å². The second-order valence-electron chi connectivity index (χ2n) is 9.34. The van der Waals surface area contributed by atoms with Crippen LogP contribution < -0.4 is 10.6 Å². The molecule has 184 valence electrons. The van der Waals surface area contributed by atoms with E-state index >= 15 is 0 Å². The number of benzene rings is 1. The Kier molecular flexibility index (Phi) is 7.75. The molecule has 1 aliphatic heterocycles. The third-order valence-electron chi connectivity index (χ3n) is 5.40. The summed E-state index contributed by atoms with van der Waals surface area (Å²) in [5, 5.41) is 14.3. The van der Waals surface area contributed by atoms with Crippen LogP contribution in [0.3, 0.4) is 0 Å². The summed E-state index contributed by atoms with van der Waals surface area (Å²) in [6.07, 6.45) is 5.16. The number of nitrogens with zero attached hydrogens (tertiary/aromatic N) is 3. The van der Waals surface area contributed by atoms with Crippen LogP contribution in [0.15, 0.2) is 35.5 Å². The lowest BCUT2D eigenvalue weighted by Gasteiger charge is -2.33. The Balaban J connectivity index is 1.60. The summed E-state index contributed by atoms with van der Waals surface area (Å²) in [6, 6.07) is 6.34. The van der Waals surface area contributed by atoms with Gasteiger partial charge < -0.3 is 25.7 Å². The highest BCUT2D eigenvalue weighted by Crippen LogP contribution is 2.25. The summed E-state index contributed by atoms with van der Waals surface area (Å²) in [7, 11) is -3.27. The molecule has 1 saturated heterocycles. The number of anilines is 3. The van der Waals surface area contributed by atoms with Crippen LogP contribution in [0.5, 0.6) is 0 Å². The molecule has 1 aromatic carbocycles. The van der Waals surface area contributed by atoms with Crippen molar-refractivity contribution < 1.29 is 17.9 Å². The van der Waals surface area contributed by atoms with E-state index in [0.717, 1.165) is 19.1 Å². The van der Waals surface area contributed by atoms with Gasteiger partial charge in [0, 0.05) is 37.8 Å². The smallest absolute Gasteiger partial charge is 0.410 e. The zero-order valence-electron chi connectivity index (χ0n) is 20.0. The van der Waals surface area contributed by atoms with Crippen LogP contribution in [-0.4, -0.2) is 67.1 Å². The van der Waals surface area contributed by atoms with Crippen LogP contribution in [0.2, 0.25) is 0 Å². The molecular weight excluding hydrogens is 456 g/mol. The lowest BCUT2D eigenvalue weighted by molar-refractivity contribution is 0.0188. The van der Waals surface area contributed by atoms with Crippen molar-refractivity contribution in [3.05, 3.63) is 36.2 Å². The molecule has 1 amide bonds. The highest BCUT2D eigenvalue weighted by atomic mass is 32.2. The maximum Gasteiger partial charge on any atom is 0.410 e. The standard InChI is InChI=1S/C23H32N6O4S/c1-23(2,3)33-22(30)29-11-9-16(10-12-29)14-25-20-19(13-24)21(27-15-26-20)28-17-5-7-18(8-6-17)34(4,31)32/h5-8,13,15-16,24H,9-12,14H2,1-4H3,(H2,25,26,27,28). The van der Waals surface area contributed by atoms with Gasteiger partial charge in [0.2, 0.25) is 0 Å². The molecule has 0 radical (unpaired) electrons. The number of nitrogens with one attached hydrogen (secondary N) is 3. The summed E-state index contributed by atoms with van der Waals surface area (Å²) < 4.78 is 28.8. The van der Waals surface area contributed by atoms with Gasteiger partial charge in [0.25, 0.3) is 0 Å². The first-order valence-corrected chi connectivity index (χ1v) is 13.0. The molecule has 0 saturated carbocycles. The minimum atomic E-state index is -3.27. The fraction of sp³-hybridized carbons (Fsp3) is 0.478. The van der Waals surface area contributed by atoms with Crippen molar-refractivity contribution in [3.63, 3.8) is 0 Å². The minimum Gasteiger partial charge on any atom is -0.444 e. The number of piperidine rings is 1. The first kappa shape index (κ1) is 25.4. The number of likely N-dealkylation sites (tertiary alicyclic amines) is 1. The molecule has 2 aromatic rings. The van der Waals surface area contributed by atoms with Gasteiger partial charge in [-0.2, -0.15) is 0 Å². The monoisotopic (exact) mass is 488 g/mol. The number of ether oxygens (including phenoxy) is 1. The molecule has 3 N–H and O–H groups in total. The summed E-state index contributed by atoms with van der Waals surface area (Å²) in [6.45, 7) is 7.51. The van der Waals surface area contributed by atoms with Gasteiger partial charge in [-0.05, 0) is 63.8 Å². The van der Waals surface area contributed by atoms with Crippen molar-refractivity contribution in [1.29, 1.82) is 5.41 Å². The first-order chi connectivity index (χ1) is 16.0. The molecule has 10 nitrogen and oxygen atoms in total. The van der Waals surface area contributed by atoms with E-state index in [2.05, 4.69) is 20.6 Å². The van der Waals surface area contributed by atoms with Crippen molar-refractivity contribution in [2.45, 2.75) is 44.1 Å². The molecule has 2 heterocycles. The van der Waals surface area contributed by atoms with Crippen LogP contribution in [-0.2, 0) is 14.6 Å². The van der Waals surface area contributed by atoms with Gasteiger partial charge in [-0.3, -0.25) is 0 Å². The van der Waals surface area contributed by atoms with Crippen LogP contribution in [0.4, 0.5) is 22.1 Å². The van der Waals surface area contributed by atoms with E-state index in [1.807, 2.05) is 20.8 Å². The molecule has 0 bridgehead atoms. The van der Waals surface area contributed by atoms with Gasteiger partial charge in [0.15, 0.2) is 9.84 Å². The average molecular weight is 489 g/mol. The molecule has 1 fully saturated rings. The number of amides is 1. The molecule has 0 atom stereocenters. The number of hydrogen-bond acceptors (Lipinski definition) is 9. The van der Waals surface area contributed by atoms with Gasteiger partial charge in [-0.25, -0.2) is 23.2 Å². The molecule has 0 unspecified atom stereocenters. The van der Waals surface area contributed by atoms with Gasteiger partial charge in [-0.15, -0.1) is 0 Å². The SMILES string of the molecule is CC(C)(C)OC(=O)N1CCC(CNc2ncnc(Nc3ccc(S(C)(=O)=O)cc3)c2C=N)CC1. The molecule has 34 heavy (non-hydrogen) atoms. The highest BCUT2D eigenvalue weighted by Gasteiger charge is 2.27. The Morgan fingerprint density at radius 2 is 1.79 bits per heavy atom. The topological polar surface area (TPSA) is 137 Å². The Morgan fingerprint density at radius 3 is 2.35 bits per heavy atom. The van der Waals surface area contributed by atoms with E-state index in [9.17, 15) is 13.2 Å². The molecule has 3 rings (SSSR count). The molecule has 0 aliphatic carbocycles. The summed E-state index contributed by atoms with van der Waals surface area (Å²) in [5.74, 6) is 1.33. The van der Waals surface area contributed by atoms with Crippen molar-refractivity contribution in [1.82, 2.24) is 14.9 Å². The summed E-state index contributed by atoms with van der Waals surface area (Å²) >= 11 is 0. The third kappa shape index (κ3) is 6.89. The molecule has 0 spiro atoms. The van der Waals surface area contributed by atoms with Crippen molar-refractivity contribution in [2.75, 3.05) is 36.5 Å². The van der Waals surface area contributed by atoms with Crippen molar-refractivity contribution in [3.8, 4) is 0 Å².